The van der Waals surface area contributed by atoms with Gasteiger partial charge in [-0.3, -0.25) is 9.59 Å². The van der Waals surface area contributed by atoms with Gasteiger partial charge in [0.2, 0.25) is 6.04 Å². The second-order valence-electron chi connectivity index (χ2n) is 5.29. The number of nitrogens with zero attached hydrogens (tertiary/aromatic N) is 2. The number of carbonyl (C=O) groups excluding carboxylic acids is 2. The Kier molecular flexibility index (Phi) is 6.36. The van der Waals surface area contributed by atoms with Crippen LogP contribution in [0.5, 0.6) is 5.75 Å². The van der Waals surface area contributed by atoms with E-state index in [-0.39, 0.29) is 0 Å². The minimum Gasteiger partial charge on any atom is -0.495 e. The normalized spacial score (nSPS) is 12.0. The number of amides is 1. The maximum absolute atomic E-state index is 12.4. The standard InChI is InChI=1S/C18H20N4O3/c1-12(23)17(22-21-14-9-7-13(11-19)8-10-14)18(24)20-15-5-3-4-6-16(15)25-2/h3-10,17H,11,19H2,1-2H3,(H,20,24). The number of para-hydroxylation sites is 2. The number of Topliss-reactive ketones (excluding diaryl/α,β-unsaturated/α-hetero) is 1. The summed E-state index contributed by atoms with van der Waals surface area (Å²) in [7, 11) is 1.50. The fourth-order valence-electron chi connectivity index (χ4n) is 2.09. The van der Waals surface area contributed by atoms with Crippen molar-refractivity contribution in [2.45, 2.75) is 19.5 Å². The van der Waals surface area contributed by atoms with E-state index in [1.807, 2.05) is 12.1 Å². The van der Waals surface area contributed by atoms with E-state index in [9.17, 15) is 9.59 Å². The van der Waals surface area contributed by atoms with E-state index in [2.05, 4.69) is 15.5 Å². The Hall–Kier alpha value is -3.06. The molecule has 0 heterocycles. The number of nitrogens with one attached hydrogen (secondary N) is 1. The van der Waals surface area contributed by atoms with Crippen LogP contribution >= 0.6 is 0 Å². The lowest BCUT2D eigenvalue weighted by Gasteiger charge is -2.12. The van der Waals surface area contributed by atoms with Gasteiger partial charge in [0.25, 0.3) is 5.91 Å². The van der Waals surface area contributed by atoms with Gasteiger partial charge in [-0.2, -0.15) is 10.2 Å². The molecular weight excluding hydrogens is 320 g/mol. The highest BCUT2D eigenvalue weighted by Gasteiger charge is 2.24. The van der Waals surface area contributed by atoms with E-state index >= 15 is 0 Å². The Labute approximate surface area is 145 Å². The Bertz CT molecular complexity index is 772. The molecule has 0 aromatic heterocycles. The summed E-state index contributed by atoms with van der Waals surface area (Å²) in [4.78, 5) is 24.2. The number of methoxy groups -OCH3 is 1. The second kappa shape index (κ2) is 8.70. The van der Waals surface area contributed by atoms with Crippen molar-refractivity contribution in [3.63, 3.8) is 0 Å². The highest BCUT2D eigenvalue weighted by Crippen LogP contribution is 2.23. The monoisotopic (exact) mass is 340 g/mol. The van der Waals surface area contributed by atoms with Crippen molar-refractivity contribution >= 4 is 23.1 Å². The minimum atomic E-state index is -1.24. The number of ketones is 1. The van der Waals surface area contributed by atoms with Crippen molar-refractivity contribution in [1.29, 1.82) is 0 Å². The molecule has 0 radical (unpaired) electrons. The van der Waals surface area contributed by atoms with Crippen molar-refractivity contribution in [2.75, 3.05) is 12.4 Å². The van der Waals surface area contributed by atoms with Crippen LogP contribution in [0.1, 0.15) is 12.5 Å². The third-order valence-electron chi connectivity index (χ3n) is 3.46. The van der Waals surface area contributed by atoms with Crippen LogP contribution in [-0.4, -0.2) is 24.8 Å². The number of carbonyl (C=O) groups is 2. The number of rotatable bonds is 7. The first kappa shape index (κ1) is 18.3. The highest BCUT2D eigenvalue weighted by molar-refractivity contribution is 6.10. The molecule has 7 nitrogen and oxygen atoms in total. The van der Waals surface area contributed by atoms with Crippen LogP contribution in [0.3, 0.4) is 0 Å². The van der Waals surface area contributed by atoms with E-state index in [0.29, 0.717) is 23.7 Å². The SMILES string of the molecule is COc1ccccc1NC(=O)C(N=Nc1ccc(CN)cc1)C(C)=O. The van der Waals surface area contributed by atoms with E-state index in [1.165, 1.54) is 14.0 Å². The zero-order valence-electron chi connectivity index (χ0n) is 14.1. The smallest absolute Gasteiger partial charge is 0.258 e. The molecule has 2 aromatic carbocycles. The summed E-state index contributed by atoms with van der Waals surface area (Å²) in [6.45, 7) is 1.72. The van der Waals surface area contributed by atoms with E-state index in [1.54, 1.807) is 36.4 Å². The van der Waals surface area contributed by atoms with Crippen LogP contribution in [-0.2, 0) is 16.1 Å². The Morgan fingerprint density at radius 2 is 1.84 bits per heavy atom. The molecule has 7 heteroatoms. The van der Waals surface area contributed by atoms with E-state index in [4.69, 9.17) is 10.5 Å². The fraction of sp³-hybridized carbons (Fsp3) is 0.222. The maximum Gasteiger partial charge on any atom is 0.258 e. The molecule has 0 aliphatic heterocycles. The number of benzene rings is 2. The van der Waals surface area contributed by atoms with Gasteiger partial charge in [-0.1, -0.05) is 24.3 Å². The number of hydrogen-bond acceptors (Lipinski definition) is 6. The molecule has 2 rings (SSSR count). The first-order valence-electron chi connectivity index (χ1n) is 7.69. The predicted octanol–water partition coefficient (Wildman–Crippen LogP) is 2.83. The minimum absolute atomic E-state index is 0.408. The Morgan fingerprint density at radius 3 is 2.44 bits per heavy atom. The van der Waals surface area contributed by atoms with Crippen LogP contribution in [0.15, 0.2) is 58.8 Å². The van der Waals surface area contributed by atoms with Gasteiger partial charge in [0.15, 0.2) is 5.78 Å². The van der Waals surface area contributed by atoms with Crippen molar-refractivity contribution in [2.24, 2.45) is 16.0 Å². The summed E-state index contributed by atoms with van der Waals surface area (Å²) in [5, 5.41) is 10.5. The molecule has 1 atom stereocenters. The van der Waals surface area contributed by atoms with Crippen molar-refractivity contribution in [1.82, 2.24) is 0 Å². The van der Waals surface area contributed by atoms with Gasteiger partial charge in [-0.15, -0.1) is 0 Å². The lowest BCUT2D eigenvalue weighted by atomic mass is 10.2. The Balaban J connectivity index is 2.14. The molecule has 0 spiro atoms. The zero-order chi connectivity index (χ0) is 18.2. The zero-order valence-corrected chi connectivity index (χ0v) is 14.1. The van der Waals surface area contributed by atoms with Crippen LogP contribution in [0, 0.1) is 0 Å². The molecule has 0 aliphatic carbocycles. The third-order valence-corrected chi connectivity index (χ3v) is 3.46. The lowest BCUT2D eigenvalue weighted by Crippen LogP contribution is -2.31. The summed E-state index contributed by atoms with van der Waals surface area (Å²) in [6, 6.07) is 12.7. The van der Waals surface area contributed by atoms with Crippen molar-refractivity contribution in [3.05, 3.63) is 54.1 Å². The predicted molar refractivity (Wildman–Crippen MR) is 94.9 cm³/mol. The fourth-order valence-corrected chi connectivity index (χ4v) is 2.09. The summed E-state index contributed by atoms with van der Waals surface area (Å²) in [5.41, 5.74) is 7.49. The van der Waals surface area contributed by atoms with Gasteiger partial charge >= 0.3 is 0 Å². The van der Waals surface area contributed by atoms with Gasteiger partial charge in [0, 0.05) is 6.54 Å². The molecule has 0 saturated heterocycles. The number of azo groups is 1. The van der Waals surface area contributed by atoms with Gasteiger partial charge in [-0.25, -0.2) is 0 Å². The lowest BCUT2D eigenvalue weighted by molar-refractivity contribution is -0.126. The molecule has 0 fully saturated rings. The largest absolute Gasteiger partial charge is 0.495 e. The number of anilines is 1. The van der Waals surface area contributed by atoms with Crippen LogP contribution in [0.2, 0.25) is 0 Å². The quantitative estimate of drug-likeness (QED) is 0.597. The molecule has 25 heavy (non-hydrogen) atoms. The molecular formula is C18H20N4O3. The first-order chi connectivity index (χ1) is 12.0. The third kappa shape index (κ3) is 4.95. The number of ether oxygens (including phenoxy) is 1. The maximum atomic E-state index is 12.4. The summed E-state index contributed by atoms with van der Waals surface area (Å²) < 4.78 is 5.17. The Morgan fingerprint density at radius 1 is 1.16 bits per heavy atom. The molecule has 0 bridgehead atoms. The summed E-state index contributed by atoms with van der Waals surface area (Å²) in [5.74, 6) is -0.485. The number of nitrogens with two attached hydrogens (primary N) is 1. The molecule has 1 amide bonds. The average molecular weight is 340 g/mol. The molecule has 3 N–H and O–H groups in total. The summed E-state index contributed by atoms with van der Waals surface area (Å²) >= 11 is 0. The first-order valence-corrected chi connectivity index (χ1v) is 7.69. The van der Waals surface area contributed by atoms with Gasteiger partial charge < -0.3 is 15.8 Å². The van der Waals surface area contributed by atoms with Crippen LogP contribution < -0.4 is 15.8 Å². The second-order valence-corrected chi connectivity index (χ2v) is 5.29. The van der Waals surface area contributed by atoms with Gasteiger partial charge in [0.05, 0.1) is 18.5 Å². The topological polar surface area (TPSA) is 106 Å². The van der Waals surface area contributed by atoms with Crippen molar-refractivity contribution in [3.8, 4) is 5.75 Å². The molecule has 1 unspecified atom stereocenters. The molecule has 130 valence electrons. The molecule has 0 saturated carbocycles. The van der Waals surface area contributed by atoms with Crippen LogP contribution in [0.4, 0.5) is 11.4 Å². The molecule has 2 aromatic rings. The highest BCUT2D eigenvalue weighted by atomic mass is 16.5. The van der Waals surface area contributed by atoms with Gasteiger partial charge in [0.1, 0.15) is 5.75 Å². The van der Waals surface area contributed by atoms with E-state index < -0.39 is 17.7 Å². The van der Waals surface area contributed by atoms with Crippen molar-refractivity contribution < 1.29 is 14.3 Å². The molecule has 0 aliphatic rings. The summed E-state index contributed by atoms with van der Waals surface area (Å²) in [6.07, 6.45) is 0. The van der Waals surface area contributed by atoms with Crippen LogP contribution in [0.25, 0.3) is 0 Å². The average Bonchev–Trinajstić information content (AvgIpc) is 2.62. The van der Waals surface area contributed by atoms with Gasteiger partial charge in [-0.05, 0) is 36.8 Å². The van der Waals surface area contributed by atoms with E-state index in [0.717, 1.165) is 5.56 Å². The number of hydrogen-bond donors (Lipinski definition) is 2.